The van der Waals surface area contributed by atoms with Gasteiger partial charge in [-0.25, -0.2) is 0 Å². The van der Waals surface area contributed by atoms with Crippen molar-refractivity contribution in [1.82, 2.24) is 4.90 Å². The maximum atomic E-state index is 12.8. The van der Waals surface area contributed by atoms with Crippen molar-refractivity contribution in [3.8, 4) is 5.75 Å². The average Bonchev–Trinajstić information content (AvgIpc) is 3.14. The SMILES string of the molecule is CC(C)(C)c1cc(CCC(=O)N2CC3CCC(N)C3C2)cc(C(C)(C)C)c1O. The van der Waals surface area contributed by atoms with E-state index in [0.29, 0.717) is 30.4 Å². The molecule has 4 heteroatoms. The average molecular weight is 387 g/mol. The zero-order chi connectivity index (χ0) is 20.9. The molecule has 1 saturated heterocycles. The number of fused-ring (bicyclic) bond motifs is 1. The van der Waals surface area contributed by atoms with E-state index in [2.05, 4.69) is 53.7 Å². The summed E-state index contributed by atoms with van der Waals surface area (Å²) in [4.78, 5) is 14.9. The summed E-state index contributed by atoms with van der Waals surface area (Å²) >= 11 is 0. The molecule has 3 N–H and O–H groups in total. The summed E-state index contributed by atoms with van der Waals surface area (Å²) in [5, 5.41) is 10.9. The molecule has 2 fully saturated rings. The van der Waals surface area contributed by atoms with Gasteiger partial charge >= 0.3 is 0 Å². The van der Waals surface area contributed by atoms with E-state index in [1.165, 1.54) is 0 Å². The van der Waals surface area contributed by atoms with E-state index in [4.69, 9.17) is 5.73 Å². The number of phenols is 1. The van der Waals surface area contributed by atoms with Gasteiger partial charge in [-0.1, -0.05) is 53.7 Å². The number of carbonyl (C=O) groups excluding carboxylic acids is 1. The van der Waals surface area contributed by atoms with E-state index < -0.39 is 0 Å². The topological polar surface area (TPSA) is 66.6 Å². The van der Waals surface area contributed by atoms with E-state index in [1.807, 2.05) is 4.90 Å². The zero-order valence-electron chi connectivity index (χ0n) is 18.5. The van der Waals surface area contributed by atoms with Gasteiger partial charge in [0.25, 0.3) is 0 Å². The van der Waals surface area contributed by atoms with Crippen LogP contribution < -0.4 is 5.73 Å². The molecule has 1 aliphatic heterocycles. The van der Waals surface area contributed by atoms with Crippen LogP contribution in [0.2, 0.25) is 0 Å². The molecule has 3 atom stereocenters. The monoisotopic (exact) mass is 386 g/mol. The Hall–Kier alpha value is -1.55. The van der Waals surface area contributed by atoms with Gasteiger partial charge in [-0.05, 0) is 58.6 Å². The lowest BCUT2D eigenvalue weighted by atomic mass is 9.78. The van der Waals surface area contributed by atoms with Gasteiger partial charge in [0.15, 0.2) is 0 Å². The van der Waals surface area contributed by atoms with Crippen molar-refractivity contribution in [2.45, 2.75) is 84.1 Å². The van der Waals surface area contributed by atoms with Crippen molar-refractivity contribution >= 4 is 5.91 Å². The summed E-state index contributed by atoms with van der Waals surface area (Å²) in [6.07, 6.45) is 3.50. The summed E-state index contributed by atoms with van der Waals surface area (Å²) in [6, 6.07) is 4.45. The van der Waals surface area contributed by atoms with E-state index >= 15 is 0 Å². The van der Waals surface area contributed by atoms with Gasteiger partial charge in [0.2, 0.25) is 5.91 Å². The molecular formula is C24H38N2O2. The Labute approximate surface area is 170 Å². The van der Waals surface area contributed by atoms with Crippen LogP contribution in [0.5, 0.6) is 5.75 Å². The first kappa shape index (κ1) is 21.2. The van der Waals surface area contributed by atoms with E-state index in [1.54, 1.807) is 0 Å². The first-order chi connectivity index (χ1) is 12.9. The number of rotatable bonds is 3. The zero-order valence-corrected chi connectivity index (χ0v) is 18.5. The molecule has 1 heterocycles. The van der Waals surface area contributed by atoms with Crippen LogP contribution in [-0.2, 0) is 22.0 Å². The van der Waals surface area contributed by atoms with Crippen molar-refractivity contribution in [3.63, 3.8) is 0 Å². The number of hydrogen-bond acceptors (Lipinski definition) is 3. The summed E-state index contributed by atoms with van der Waals surface area (Å²) in [6.45, 7) is 14.4. The summed E-state index contributed by atoms with van der Waals surface area (Å²) in [5.74, 6) is 1.74. The molecule has 0 spiro atoms. The molecule has 3 unspecified atom stereocenters. The number of phenolic OH excluding ortho intramolecular Hbond substituents is 1. The molecule has 0 radical (unpaired) electrons. The van der Waals surface area contributed by atoms with Crippen molar-refractivity contribution in [2.75, 3.05) is 13.1 Å². The number of hydrogen-bond donors (Lipinski definition) is 2. The van der Waals surface area contributed by atoms with Crippen LogP contribution >= 0.6 is 0 Å². The Morgan fingerprint density at radius 2 is 1.64 bits per heavy atom. The fourth-order valence-corrected chi connectivity index (χ4v) is 4.90. The highest BCUT2D eigenvalue weighted by molar-refractivity contribution is 5.77. The largest absolute Gasteiger partial charge is 0.507 e. The summed E-state index contributed by atoms with van der Waals surface area (Å²) < 4.78 is 0. The minimum atomic E-state index is -0.146. The quantitative estimate of drug-likeness (QED) is 0.821. The Morgan fingerprint density at radius 1 is 1.07 bits per heavy atom. The molecule has 1 aliphatic carbocycles. The van der Waals surface area contributed by atoms with Crippen molar-refractivity contribution < 1.29 is 9.90 Å². The highest BCUT2D eigenvalue weighted by Crippen LogP contribution is 2.40. The summed E-state index contributed by atoms with van der Waals surface area (Å²) in [7, 11) is 0. The molecule has 1 saturated carbocycles. The van der Waals surface area contributed by atoms with Gasteiger partial charge in [0.05, 0.1) is 0 Å². The second-order valence-corrected chi connectivity index (χ2v) is 11.0. The number of nitrogens with zero attached hydrogens (tertiary/aromatic N) is 1. The number of amides is 1. The van der Waals surface area contributed by atoms with Crippen LogP contribution in [0.15, 0.2) is 12.1 Å². The molecule has 1 aromatic rings. The second kappa shape index (κ2) is 7.37. The van der Waals surface area contributed by atoms with Gasteiger partial charge in [0.1, 0.15) is 5.75 Å². The Kier molecular flexibility index (Phi) is 5.57. The predicted octanol–water partition coefficient (Wildman–Crippen LogP) is 4.12. The molecule has 0 aromatic heterocycles. The van der Waals surface area contributed by atoms with Crippen molar-refractivity contribution in [1.29, 1.82) is 0 Å². The third kappa shape index (κ3) is 4.22. The maximum Gasteiger partial charge on any atom is 0.222 e. The van der Waals surface area contributed by atoms with E-state index in [9.17, 15) is 9.90 Å². The third-order valence-corrected chi connectivity index (χ3v) is 6.68. The highest BCUT2D eigenvalue weighted by Gasteiger charge is 2.42. The molecule has 1 aromatic carbocycles. The highest BCUT2D eigenvalue weighted by atomic mass is 16.3. The Balaban J connectivity index is 1.74. The lowest BCUT2D eigenvalue weighted by Crippen LogP contribution is -2.33. The summed E-state index contributed by atoms with van der Waals surface area (Å²) in [5.41, 5.74) is 8.98. The molecule has 2 aliphatic rings. The lowest BCUT2D eigenvalue weighted by molar-refractivity contribution is -0.130. The minimum absolute atomic E-state index is 0.146. The minimum Gasteiger partial charge on any atom is -0.507 e. The number of likely N-dealkylation sites (tertiary alicyclic amines) is 1. The normalized spacial score (nSPS) is 25.2. The van der Waals surface area contributed by atoms with E-state index in [-0.39, 0.29) is 22.8 Å². The maximum absolute atomic E-state index is 12.8. The van der Waals surface area contributed by atoms with Crippen molar-refractivity contribution in [2.24, 2.45) is 17.6 Å². The van der Waals surface area contributed by atoms with Crippen LogP contribution in [0.3, 0.4) is 0 Å². The Bertz CT molecular complexity index is 707. The standard InChI is InChI=1S/C24H38N2O2/c1-23(2,3)18-11-15(12-19(22(18)28)24(4,5)6)7-10-21(27)26-13-16-8-9-20(25)17(16)14-26/h11-12,16-17,20,28H,7-10,13-14,25H2,1-6H3. The lowest BCUT2D eigenvalue weighted by Gasteiger charge is -2.28. The number of aromatic hydroxyl groups is 1. The van der Waals surface area contributed by atoms with Crippen LogP contribution in [0, 0.1) is 11.8 Å². The first-order valence-electron chi connectivity index (χ1n) is 10.8. The third-order valence-electron chi connectivity index (χ3n) is 6.68. The van der Waals surface area contributed by atoms with Gasteiger partial charge in [0, 0.05) is 25.6 Å². The smallest absolute Gasteiger partial charge is 0.222 e. The fourth-order valence-electron chi connectivity index (χ4n) is 4.90. The van der Waals surface area contributed by atoms with Crippen LogP contribution in [0.4, 0.5) is 0 Å². The molecule has 1 amide bonds. The molecule has 3 rings (SSSR count). The molecule has 28 heavy (non-hydrogen) atoms. The van der Waals surface area contributed by atoms with Crippen LogP contribution in [0.1, 0.15) is 77.5 Å². The van der Waals surface area contributed by atoms with Gasteiger partial charge in [-0.2, -0.15) is 0 Å². The predicted molar refractivity (Wildman–Crippen MR) is 115 cm³/mol. The van der Waals surface area contributed by atoms with Crippen LogP contribution in [-0.4, -0.2) is 35.0 Å². The van der Waals surface area contributed by atoms with Gasteiger partial charge in [-0.15, -0.1) is 0 Å². The number of nitrogens with two attached hydrogens (primary N) is 1. The second-order valence-electron chi connectivity index (χ2n) is 11.0. The molecule has 4 nitrogen and oxygen atoms in total. The van der Waals surface area contributed by atoms with Gasteiger partial charge in [-0.3, -0.25) is 4.79 Å². The number of aryl methyl sites for hydroxylation is 1. The van der Waals surface area contributed by atoms with E-state index in [0.717, 1.165) is 42.6 Å². The van der Waals surface area contributed by atoms with Crippen LogP contribution in [0.25, 0.3) is 0 Å². The Morgan fingerprint density at radius 3 is 2.14 bits per heavy atom. The fraction of sp³-hybridized carbons (Fsp3) is 0.708. The molecule has 0 bridgehead atoms. The first-order valence-corrected chi connectivity index (χ1v) is 10.8. The molecule has 156 valence electrons. The number of carbonyl (C=O) groups is 1. The van der Waals surface area contributed by atoms with Crippen molar-refractivity contribution in [3.05, 3.63) is 28.8 Å². The number of benzene rings is 1. The molecular weight excluding hydrogens is 348 g/mol. The van der Waals surface area contributed by atoms with Gasteiger partial charge < -0.3 is 15.7 Å².